The van der Waals surface area contributed by atoms with Gasteiger partial charge < -0.3 is 4.90 Å². The van der Waals surface area contributed by atoms with Crippen LogP contribution in [-0.2, 0) is 5.41 Å². The second kappa shape index (κ2) is 11.2. The molecule has 0 aliphatic heterocycles. The topological polar surface area (TPSA) is 3.24 Å². The molecule has 1 nitrogen and oxygen atoms in total. The number of hydrogen-bond donors (Lipinski definition) is 0. The molecule has 1 heteroatoms. The molecule has 5 rings (SSSR count). The standard InChI is InChI=1S/C35H39N/c1-3-5-15-25-36(26-16-6-4-2)30-23-24-32-31-21-13-14-22-33(31)35(34(32)27-30,28-17-9-7-10-18-28)29-19-11-8-12-20-29/h7-14,17-24,27H,3-6,15-16,25-26H2,1-2H3. The molecule has 0 amide bonds. The van der Waals surface area contributed by atoms with Crippen LogP contribution in [0, 0.1) is 0 Å². The van der Waals surface area contributed by atoms with Gasteiger partial charge in [-0.15, -0.1) is 0 Å². The molecule has 0 aromatic heterocycles. The molecule has 184 valence electrons. The first-order valence-corrected chi connectivity index (χ1v) is 13.9. The molecule has 0 bridgehead atoms. The lowest BCUT2D eigenvalue weighted by Gasteiger charge is -2.35. The maximum absolute atomic E-state index is 2.65. The van der Waals surface area contributed by atoms with Crippen molar-refractivity contribution in [2.45, 2.75) is 57.8 Å². The molecular formula is C35H39N. The Kier molecular flexibility index (Phi) is 7.56. The minimum absolute atomic E-state index is 0.317. The number of hydrogen-bond acceptors (Lipinski definition) is 1. The van der Waals surface area contributed by atoms with Crippen molar-refractivity contribution in [1.29, 1.82) is 0 Å². The van der Waals surface area contributed by atoms with Crippen molar-refractivity contribution in [1.82, 2.24) is 0 Å². The summed E-state index contributed by atoms with van der Waals surface area (Å²) in [4.78, 5) is 2.65. The third-order valence-electron chi connectivity index (χ3n) is 7.87. The Balaban J connectivity index is 1.71. The van der Waals surface area contributed by atoms with Crippen LogP contribution in [0.3, 0.4) is 0 Å². The second-order valence-corrected chi connectivity index (χ2v) is 10.2. The van der Waals surface area contributed by atoms with Crippen molar-refractivity contribution >= 4 is 5.69 Å². The Hall–Kier alpha value is -3.32. The predicted octanol–water partition coefficient (Wildman–Crippen LogP) is 9.24. The molecule has 0 radical (unpaired) electrons. The van der Waals surface area contributed by atoms with Gasteiger partial charge in [0.15, 0.2) is 0 Å². The van der Waals surface area contributed by atoms with Gasteiger partial charge in [-0.1, -0.05) is 131 Å². The quantitative estimate of drug-likeness (QED) is 0.173. The SMILES string of the molecule is CCCCCN(CCCCC)c1ccc2c(c1)C(c1ccccc1)(c1ccccc1)c1ccccc1-2. The number of nitrogens with zero attached hydrogens (tertiary/aromatic N) is 1. The highest BCUT2D eigenvalue weighted by atomic mass is 15.1. The van der Waals surface area contributed by atoms with Gasteiger partial charge in [0, 0.05) is 18.8 Å². The first-order valence-electron chi connectivity index (χ1n) is 13.9. The third kappa shape index (κ3) is 4.37. The zero-order valence-corrected chi connectivity index (χ0v) is 21.9. The first kappa shape index (κ1) is 24.4. The van der Waals surface area contributed by atoms with E-state index in [0.29, 0.717) is 0 Å². The summed E-state index contributed by atoms with van der Waals surface area (Å²) in [7, 11) is 0. The molecule has 0 fully saturated rings. The van der Waals surface area contributed by atoms with Gasteiger partial charge in [-0.2, -0.15) is 0 Å². The fourth-order valence-electron chi connectivity index (χ4n) is 6.10. The summed E-state index contributed by atoms with van der Waals surface area (Å²) in [6.45, 7) is 6.85. The molecule has 0 saturated carbocycles. The molecule has 4 aromatic carbocycles. The Bertz CT molecular complexity index is 1210. The smallest absolute Gasteiger partial charge is 0.0714 e. The van der Waals surface area contributed by atoms with Crippen molar-refractivity contribution in [3.05, 3.63) is 125 Å². The van der Waals surface area contributed by atoms with Gasteiger partial charge in [0.25, 0.3) is 0 Å². The van der Waals surface area contributed by atoms with Crippen LogP contribution in [-0.4, -0.2) is 13.1 Å². The normalized spacial score (nSPS) is 13.3. The van der Waals surface area contributed by atoms with Gasteiger partial charge in [-0.05, 0) is 58.4 Å². The lowest BCUT2D eigenvalue weighted by molar-refractivity contribution is 0.636. The van der Waals surface area contributed by atoms with Crippen LogP contribution in [0.15, 0.2) is 103 Å². The van der Waals surface area contributed by atoms with Gasteiger partial charge in [-0.25, -0.2) is 0 Å². The van der Waals surface area contributed by atoms with E-state index in [1.807, 2.05) is 0 Å². The Morgan fingerprint density at radius 3 is 1.64 bits per heavy atom. The van der Waals surface area contributed by atoms with Crippen LogP contribution >= 0.6 is 0 Å². The third-order valence-corrected chi connectivity index (χ3v) is 7.87. The molecule has 0 N–H and O–H groups in total. The lowest BCUT2D eigenvalue weighted by atomic mass is 9.67. The van der Waals surface area contributed by atoms with E-state index in [4.69, 9.17) is 0 Å². The van der Waals surface area contributed by atoms with Gasteiger partial charge in [0.1, 0.15) is 0 Å². The fourth-order valence-corrected chi connectivity index (χ4v) is 6.10. The minimum Gasteiger partial charge on any atom is -0.372 e. The molecule has 1 aliphatic carbocycles. The number of benzene rings is 4. The van der Waals surface area contributed by atoms with Gasteiger partial charge in [0.2, 0.25) is 0 Å². The Morgan fingerprint density at radius 1 is 0.528 bits per heavy atom. The Morgan fingerprint density at radius 2 is 1.06 bits per heavy atom. The van der Waals surface area contributed by atoms with E-state index >= 15 is 0 Å². The summed E-state index contributed by atoms with van der Waals surface area (Å²) >= 11 is 0. The molecule has 36 heavy (non-hydrogen) atoms. The Labute approximate surface area is 217 Å². The summed E-state index contributed by atoms with van der Waals surface area (Å²) in [6.07, 6.45) is 7.60. The van der Waals surface area contributed by atoms with E-state index in [-0.39, 0.29) is 5.41 Å². The van der Waals surface area contributed by atoms with Crippen molar-refractivity contribution in [2.75, 3.05) is 18.0 Å². The summed E-state index contributed by atoms with van der Waals surface area (Å²) in [5.41, 5.74) is 9.24. The molecule has 0 spiro atoms. The van der Waals surface area contributed by atoms with E-state index in [1.165, 1.54) is 77.6 Å². The second-order valence-electron chi connectivity index (χ2n) is 10.2. The van der Waals surface area contributed by atoms with Crippen LogP contribution < -0.4 is 4.90 Å². The van der Waals surface area contributed by atoms with E-state index in [2.05, 4.69) is 122 Å². The number of anilines is 1. The lowest BCUT2D eigenvalue weighted by Crippen LogP contribution is -2.30. The first-order chi connectivity index (χ1) is 17.8. The maximum Gasteiger partial charge on any atom is 0.0714 e. The van der Waals surface area contributed by atoms with Crippen molar-refractivity contribution in [3.8, 4) is 11.1 Å². The van der Waals surface area contributed by atoms with Gasteiger partial charge in [-0.3, -0.25) is 0 Å². The van der Waals surface area contributed by atoms with Crippen LogP contribution in [0.25, 0.3) is 11.1 Å². The van der Waals surface area contributed by atoms with E-state index in [1.54, 1.807) is 0 Å². The predicted molar refractivity (Wildman–Crippen MR) is 155 cm³/mol. The van der Waals surface area contributed by atoms with Gasteiger partial charge >= 0.3 is 0 Å². The molecule has 0 unspecified atom stereocenters. The number of rotatable bonds is 11. The zero-order valence-electron chi connectivity index (χ0n) is 21.9. The average molecular weight is 474 g/mol. The summed E-state index contributed by atoms with van der Waals surface area (Å²) in [5, 5.41) is 0. The van der Waals surface area contributed by atoms with E-state index < -0.39 is 0 Å². The number of fused-ring (bicyclic) bond motifs is 3. The summed E-state index contributed by atoms with van der Waals surface area (Å²) < 4.78 is 0. The van der Waals surface area contributed by atoms with E-state index in [0.717, 1.165) is 13.1 Å². The highest BCUT2D eigenvalue weighted by molar-refractivity contribution is 5.87. The average Bonchev–Trinajstić information content (AvgIpc) is 3.24. The minimum atomic E-state index is -0.317. The van der Waals surface area contributed by atoms with Crippen molar-refractivity contribution in [3.63, 3.8) is 0 Å². The van der Waals surface area contributed by atoms with Crippen LogP contribution in [0.4, 0.5) is 5.69 Å². The van der Waals surface area contributed by atoms with Gasteiger partial charge in [0.05, 0.1) is 5.41 Å². The highest BCUT2D eigenvalue weighted by Crippen LogP contribution is 2.56. The molecular weight excluding hydrogens is 434 g/mol. The van der Waals surface area contributed by atoms with Crippen molar-refractivity contribution in [2.24, 2.45) is 0 Å². The fraction of sp³-hybridized carbons (Fsp3) is 0.314. The molecule has 0 saturated heterocycles. The molecule has 1 aliphatic rings. The maximum atomic E-state index is 2.65. The highest BCUT2D eigenvalue weighted by Gasteiger charge is 2.46. The monoisotopic (exact) mass is 473 g/mol. The zero-order chi connectivity index (χ0) is 24.8. The summed E-state index contributed by atoms with van der Waals surface area (Å²) in [6, 6.07) is 38.6. The molecule has 4 aromatic rings. The van der Waals surface area contributed by atoms with Crippen LogP contribution in [0.2, 0.25) is 0 Å². The van der Waals surface area contributed by atoms with Crippen LogP contribution in [0.5, 0.6) is 0 Å². The molecule has 0 heterocycles. The van der Waals surface area contributed by atoms with Crippen LogP contribution in [0.1, 0.15) is 74.6 Å². The number of unbranched alkanes of at least 4 members (excludes halogenated alkanes) is 4. The van der Waals surface area contributed by atoms with Crippen molar-refractivity contribution < 1.29 is 0 Å². The summed E-state index contributed by atoms with van der Waals surface area (Å²) in [5.74, 6) is 0. The molecule has 0 atom stereocenters. The van der Waals surface area contributed by atoms with E-state index in [9.17, 15) is 0 Å². The largest absolute Gasteiger partial charge is 0.372 e.